The summed E-state index contributed by atoms with van der Waals surface area (Å²) in [5.74, 6) is -0.0751. The molecule has 78 valence electrons. The minimum absolute atomic E-state index is 0.0751. The summed E-state index contributed by atoms with van der Waals surface area (Å²) in [5, 5.41) is 0. The number of benzene rings is 1. The van der Waals surface area contributed by atoms with Crippen molar-refractivity contribution in [3.05, 3.63) is 28.7 Å². The van der Waals surface area contributed by atoms with Gasteiger partial charge in [-0.25, -0.2) is 8.42 Å². The van der Waals surface area contributed by atoms with E-state index in [4.69, 9.17) is 5.73 Å². The van der Waals surface area contributed by atoms with Gasteiger partial charge >= 0.3 is 0 Å². The number of nitrogens with one attached hydrogen (secondary N) is 1. The second-order valence-electron chi connectivity index (χ2n) is 2.69. The van der Waals surface area contributed by atoms with Gasteiger partial charge in [0, 0.05) is 11.0 Å². The third-order valence-electron chi connectivity index (χ3n) is 1.53. The quantitative estimate of drug-likeness (QED) is 0.868. The molecule has 0 amide bonds. The number of hydrogen-bond donors (Lipinski definition) is 2. The average Bonchev–Trinajstić information content (AvgIpc) is 2.08. The van der Waals surface area contributed by atoms with Gasteiger partial charge in [-0.2, -0.15) is 0 Å². The average molecular weight is 279 g/mol. The molecule has 0 aliphatic rings. The molecule has 1 aromatic rings. The third-order valence-corrected chi connectivity index (χ3v) is 3.52. The summed E-state index contributed by atoms with van der Waals surface area (Å²) in [5.41, 5.74) is 5.70. The number of nitrogens with two attached hydrogens (primary N) is 1. The maximum absolute atomic E-state index is 11.3. The Bertz CT molecular complexity index is 406. The summed E-state index contributed by atoms with van der Waals surface area (Å²) in [6, 6.07) is 7.01. The summed E-state index contributed by atoms with van der Waals surface area (Å²) in [6.07, 6.45) is 0. The van der Waals surface area contributed by atoms with Crippen LogP contribution in [-0.4, -0.2) is 20.7 Å². The van der Waals surface area contributed by atoms with Crippen LogP contribution in [0.2, 0.25) is 0 Å². The van der Waals surface area contributed by atoms with Crippen LogP contribution in [0, 0.1) is 0 Å². The minimum Gasteiger partial charge on any atom is -0.329 e. The lowest BCUT2D eigenvalue weighted by atomic mass is 10.3. The van der Waals surface area contributed by atoms with Gasteiger partial charge in [-0.3, -0.25) is 4.72 Å². The lowest BCUT2D eigenvalue weighted by Gasteiger charge is -2.07. The highest BCUT2D eigenvalue weighted by Gasteiger charge is 2.09. The summed E-state index contributed by atoms with van der Waals surface area (Å²) >= 11 is 3.24. The van der Waals surface area contributed by atoms with Crippen LogP contribution >= 0.6 is 15.9 Å². The van der Waals surface area contributed by atoms with E-state index in [1.54, 1.807) is 18.2 Å². The second-order valence-corrected chi connectivity index (χ2v) is 5.39. The van der Waals surface area contributed by atoms with Crippen LogP contribution in [0.3, 0.4) is 0 Å². The second kappa shape index (κ2) is 4.77. The normalized spacial score (nSPS) is 11.3. The standard InChI is InChI=1S/C8H11BrN2O2S/c9-7-3-1-2-4-8(7)11-14(12,13)6-5-10/h1-4,11H,5-6,10H2. The van der Waals surface area contributed by atoms with Crippen LogP contribution in [0.15, 0.2) is 28.7 Å². The van der Waals surface area contributed by atoms with Gasteiger partial charge < -0.3 is 5.73 Å². The van der Waals surface area contributed by atoms with Crippen molar-refractivity contribution in [2.24, 2.45) is 5.73 Å². The van der Waals surface area contributed by atoms with Gasteiger partial charge in [-0.15, -0.1) is 0 Å². The zero-order valence-corrected chi connectivity index (χ0v) is 9.81. The molecule has 0 saturated carbocycles. The fourth-order valence-corrected chi connectivity index (χ4v) is 2.36. The Kier molecular flexibility index (Phi) is 3.91. The SMILES string of the molecule is NCCS(=O)(=O)Nc1ccccc1Br. The van der Waals surface area contributed by atoms with Crippen molar-refractivity contribution < 1.29 is 8.42 Å². The number of para-hydroxylation sites is 1. The number of halogens is 1. The predicted octanol–water partition coefficient (Wildman–Crippen LogP) is 1.15. The number of rotatable bonds is 4. The molecule has 3 N–H and O–H groups in total. The van der Waals surface area contributed by atoms with Crippen LogP contribution in [0.1, 0.15) is 0 Å². The highest BCUT2D eigenvalue weighted by Crippen LogP contribution is 2.22. The molecule has 1 rings (SSSR count). The lowest BCUT2D eigenvalue weighted by Crippen LogP contribution is -2.22. The Balaban J connectivity index is 2.84. The fraction of sp³-hybridized carbons (Fsp3) is 0.250. The van der Waals surface area contributed by atoms with E-state index in [1.165, 1.54) is 0 Å². The van der Waals surface area contributed by atoms with Gasteiger partial charge in [0.05, 0.1) is 11.4 Å². The smallest absolute Gasteiger partial charge is 0.234 e. The van der Waals surface area contributed by atoms with Gasteiger partial charge in [0.2, 0.25) is 10.0 Å². The first kappa shape index (κ1) is 11.5. The Morgan fingerprint density at radius 1 is 1.36 bits per heavy atom. The summed E-state index contributed by atoms with van der Waals surface area (Å²) in [7, 11) is -3.31. The molecule has 14 heavy (non-hydrogen) atoms. The highest BCUT2D eigenvalue weighted by molar-refractivity contribution is 9.10. The Morgan fingerprint density at radius 2 is 2.00 bits per heavy atom. The summed E-state index contributed by atoms with van der Waals surface area (Å²) in [6.45, 7) is 0.111. The summed E-state index contributed by atoms with van der Waals surface area (Å²) < 4.78 is 25.8. The molecule has 0 radical (unpaired) electrons. The molecule has 4 nitrogen and oxygen atoms in total. The van der Waals surface area contributed by atoms with Crippen molar-refractivity contribution in [3.8, 4) is 0 Å². The maximum atomic E-state index is 11.3. The molecule has 0 saturated heterocycles. The van der Waals surface area contributed by atoms with Gasteiger partial charge in [0.15, 0.2) is 0 Å². The summed E-state index contributed by atoms with van der Waals surface area (Å²) in [4.78, 5) is 0. The molecule has 6 heteroatoms. The number of hydrogen-bond acceptors (Lipinski definition) is 3. The zero-order chi connectivity index (χ0) is 10.6. The van der Waals surface area contributed by atoms with E-state index in [0.29, 0.717) is 10.2 Å². The Hall–Kier alpha value is -0.590. The van der Waals surface area contributed by atoms with Crippen molar-refractivity contribution >= 4 is 31.6 Å². The first-order valence-electron chi connectivity index (χ1n) is 4.00. The van der Waals surface area contributed by atoms with Crippen molar-refractivity contribution in [1.29, 1.82) is 0 Å². The van der Waals surface area contributed by atoms with Gasteiger partial charge in [-0.05, 0) is 28.1 Å². The van der Waals surface area contributed by atoms with Crippen LogP contribution < -0.4 is 10.5 Å². The van der Waals surface area contributed by atoms with Gasteiger partial charge in [0.1, 0.15) is 0 Å². The van der Waals surface area contributed by atoms with E-state index in [1.807, 2.05) is 6.07 Å². The highest BCUT2D eigenvalue weighted by atomic mass is 79.9. The lowest BCUT2D eigenvalue weighted by molar-refractivity contribution is 0.601. The molecule has 0 bridgehead atoms. The third kappa shape index (κ3) is 3.28. The molecular formula is C8H11BrN2O2S. The fourth-order valence-electron chi connectivity index (χ4n) is 0.918. The molecule has 0 unspecified atom stereocenters. The molecule has 0 aliphatic heterocycles. The van der Waals surface area contributed by atoms with E-state index in [9.17, 15) is 8.42 Å². The Morgan fingerprint density at radius 3 is 2.57 bits per heavy atom. The van der Waals surface area contributed by atoms with Crippen molar-refractivity contribution in [2.45, 2.75) is 0 Å². The molecule has 0 heterocycles. The molecule has 0 aliphatic carbocycles. The number of anilines is 1. The first-order chi connectivity index (χ1) is 6.55. The van der Waals surface area contributed by atoms with E-state index >= 15 is 0 Å². The van der Waals surface area contributed by atoms with E-state index in [0.717, 1.165) is 0 Å². The largest absolute Gasteiger partial charge is 0.329 e. The van der Waals surface area contributed by atoms with Crippen molar-refractivity contribution in [2.75, 3.05) is 17.0 Å². The van der Waals surface area contributed by atoms with E-state index < -0.39 is 10.0 Å². The molecular weight excluding hydrogens is 268 g/mol. The molecule has 1 aromatic carbocycles. The van der Waals surface area contributed by atoms with Crippen LogP contribution in [0.4, 0.5) is 5.69 Å². The number of sulfonamides is 1. The van der Waals surface area contributed by atoms with Gasteiger partial charge in [-0.1, -0.05) is 12.1 Å². The predicted molar refractivity (Wildman–Crippen MR) is 60.6 cm³/mol. The van der Waals surface area contributed by atoms with Crippen LogP contribution in [-0.2, 0) is 10.0 Å². The topological polar surface area (TPSA) is 72.2 Å². The maximum Gasteiger partial charge on any atom is 0.234 e. The van der Waals surface area contributed by atoms with Crippen LogP contribution in [0.25, 0.3) is 0 Å². The van der Waals surface area contributed by atoms with E-state index in [2.05, 4.69) is 20.7 Å². The van der Waals surface area contributed by atoms with E-state index in [-0.39, 0.29) is 12.3 Å². The minimum atomic E-state index is -3.31. The molecule has 0 aromatic heterocycles. The molecule has 0 spiro atoms. The Labute approximate surface area is 91.7 Å². The van der Waals surface area contributed by atoms with Crippen LogP contribution in [0.5, 0.6) is 0 Å². The van der Waals surface area contributed by atoms with Crippen molar-refractivity contribution in [3.63, 3.8) is 0 Å². The van der Waals surface area contributed by atoms with Gasteiger partial charge in [0.25, 0.3) is 0 Å². The zero-order valence-electron chi connectivity index (χ0n) is 7.40. The van der Waals surface area contributed by atoms with Crippen molar-refractivity contribution in [1.82, 2.24) is 0 Å². The monoisotopic (exact) mass is 278 g/mol. The first-order valence-corrected chi connectivity index (χ1v) is 6.45. The molecule has 0 fully saturated rings. The molecule has 0 atom stereocenters.